The summed E-state index contributed by atoms with van der Waals surface area (Å²) in [6.45, 7) is 2.55. The van der Waals surface area contributed by atoms with Crippen LogP contribution in [-0.2, 0) is 0 Å². The number of rotatable bonds is 4. The van der Waals surface area contributed by atoms with E-state index in [1.165, 1.54) is 6.07 Å². The Hall–Kier alpha value is -0.540. The number of aryl methyl sites for hydroxylation is 1. The molecule has 0 saturated carbocycles. The summed E-state index contributed by atoms with van der Waals surface area (Å²) in [5.74, 6) is 0.266. The van der Waals surface area contributed by atoms with Crippen molar-refractivity contribution in [2.45, 2.75) is 6.92 Å². The fourth-order valence-corrected chi connectivity index (χ4v) is 1.62. The summed E-state index contributed by atoms with van der Waals surface area (Å²) in [5, 5.41) is 3.17. The molecule has 82 valence electrons. The highest BCUT2D eigenvalue weighted by Crippen LogP contribution is 2.23. The van der Waals surface area contributed by atoms with Gasteiger partial charge in [-0.3, -0.25) is 0 Å². The van der Waals surface area contributed by atoms with Crippen molar-refractivity contribution in [1.82, 2.24) is 0 Å². The SMILES string of the molecule is Cc1cc(F)c(Br)cc1NC/C=C/CCl. The molecule has 0 bridgehead atoms. The second-order valence-electron chi connectivity index (χ2n) is 3.09. The third-order valence-electron chi connectivity index (χ3n) is 1.93. The van der Waals surface area contributed by atoms with Crippen molar-refractivity contribution in [3.63, 3.8) is 0 Å². The zero-order valence-corrected chi connectivity index (χ0v) is 10.7. The van der Waals surface area contributed by atoms with E-state index in [1.807, 2.05) is 19.1 Å². The van der Waals surface area contributed by atoms with Crippen molar-refractivity contribution < 1.29 is 4.39 Å². The molecule has 1 rings (SSSR count). The van der Waals surface area contributed by atoms with Gasteiger partial charge in [0.05, 0.1) is 4.47 Å². The zero-order valence-electron chi connectivity index (χ0n) is 8.36. The fraction of sp³-hybridized carbons (Fsp3) is 0.273. The number of halogens is 3. The Balaban J connectivity index is 2.69. The molecule has 0 unspecified atom stereocenters. The van der Waals surface area contributed by atoms with Gasteiger partial charge >= 0.3 is 0 Å². The number of anilines is 1. The lowest BCUT2D eigenvalue weighted by molar-refractivity contribution is 0.620. The van der Waals surface area contributed by atoms with Crippen molar-refractivity contribution in [3.8, 4) is 0 Å². The second-order valence-corrected chi connectivity index (χ2v) is 4.25. The van der Waals surface area contributed by atoms with E-state index in [4.69, 9.17) is 11.6 Å². The number of alkyl halides is 1. The van der Waals surface area contributed by atoms with Gasteiger partial charge in [-0.05, 0) is 40.5 Å². The largest absolute Gasteiger partial charge is 0.381 e. The van der Waals surface area contributed by atoms with Gasteiger partial charge in [-0.25, -0.2) is 4.39 Å². The number of hydrogen-bond donors (Lipinski definition) is 1. The van der Waals surface area contributed by atoms with Gasteiger partial charge < -0.3 is 5.32 Å². The molecule has 0 atom stereocenters. The molecule has 0 heterocycles. The van der Waals surface area contributed by atoms with Crippen molar-refractivity contribution in [1.29, 1.82) is 0 Å². The quantitative estimate of drug-likeness (QED) is 0.651. The van der Waals surface area contributed by atoms with E-state index in [1.54, 1.807) is 6.07 Å². The van der Waals surface area contributed by atoms with Crippen LogP contribution >= 0.6 is 27.5 Å². The predicted octanol–water partition coefficient (Wildman–Crippen LogP) is 4.10. The minimum absolute atomic E-state index is 0.241. The molecule has 0 aliphatic heterocycles. The predicted molar refractivity (Wildman–Crippen MR) is 67.2 cm³/mol. The van der Waals surface area contributed by atoms with E-state index in [9.17, 15) is 4.39 Å². The van der Waals surface area contributed by atoms with E-state index in [-0.39, 0.29) is 5.82 Å². The first kappa shape index (κ1) is 12.5. The highest BCUT2D eigenvalue weighted by atomic mass is 79.9. The third-order valence-corrected chi connectivity index (χ3v) is 2.72. The molecule has 1 nitrogen and oxygen atoms in total. The minimum atomic E-state index is -0.241. The number of allylic oxidation sites excluding steroid dienone is 1. The number of nitrogens with one attached hydrogen (secondary N) is 1. The Morgan fingerprint density at radius 3 is 2.87 bits per heavy atom. The van der Waals surface area contributed by atoms with Crippen molar-refractivity contribution in [3.05, 3.63) is 40.1 Å². The van der Waals surface area contributed by atoms with Crippen LogP contribution in [0.15, 0.2) is 28.8 Å². The lowest BCUT2D eigenvalue weighted by Crippen LogP contribution is -2.00. The van der Waals surface area contributed by atoms with Crippen LogP contribution in [-0.4, -0.2) is 12.4 Å². The van der Waals surface area contributed by atoms with Crippen LogP contribution in [0.4, 0.5) is 10.1 Å². The molecule has 0 radical (unpaired) electrons. The molecule has 1 N–H and O–H groups in total. The van der Waals surface area contributed by atoms with Gasteiger partial charge in [0.15, 0.2) is 0 Å². The van der Waals surface area contributed by atoms with Gasteiger partial charge in [0.2, 0.25) is 0 Å². The maximum Gasteiger partial charge on any atom is 0.137 e. The molecule has 0 aliphatic carbocycles. The first-order valence-corrected chi connectivity index (χ1v) is 5.88. The molecule has 15 heavy (non-hydrogen) atoms. The van der Waals surface area contributed by atoms with Crippen molar-refractivity contribution in [2.24, 2.45) is 0 Å². The summed E-state index contributed by atoms with van der Waals surface area (Å²) in [4.78, 5) is 0. The number of benzene rings is 1. The first-order valence-electron chi connectivity index (χ1n) is 4.55. The Morgan fingerprint density at radius 2 is 2.20 bits per heavy atom. The van der Waals surface area contributed by atoms with E-state index in [0.29, 0.717) is 16.9 Å². The molecule has 1 aromatic rings. The third kappa shape index (κ3) is 3.84. The maximum absolute atomic E-state index is 13.1. The lowest BCUT2D eigenvalue weighted by atomic mass is 10.2. The molecule has 0 fully saturated rings. The fourth-order valence-electron chi connectivity index (χ4n) is 1.15. The van der Waals surface area contributed by atoms with Gasteiger partial charge in [0.1, 0.15) is 5.82 Å². The molecule has 1 aromatic carbocycles. The summed E-state index contributed by atoms with van der Waals surface area (Å²) in [6, 6.07) is 3.23. The Labute approximate surface area is 102 Å². The lowest BCUT2D eigenvalue weighted by Gasteiger charge is -2.08. The second kappa shape index (κ2) is 6.13. The topological polar surface area (TPSA) is 12.0 Å². The summed E-state index contributed by atoms with van der Waals surface area (Å²) in [5.41, 5.74) is 1.80. The van der Waals surface area contributed by atoms with E-state index in [0.717, 1.165) is 11.3 Å². The summed E-state index contributed by atoms with van der Waals surface area (Å²) in [7, 11) is 0. The molecule has 4 heteroatoms. The van der Waals surface area contributed by atoms with Gasteiger partial charge in [-0.15, -0.1) is 11.6 Å². The Kier molecular flexibility index (Phi) is 5.12. The van der Waals surface area contributed by atoms with Crippen LogP contribution in [0.3, 0.4) is 0 Å². The van der Waals surface area contributed by atoms with Gasteiger partial charge in [0.25, 0.3) is 0 Å². The standard InChI is InChI=1S/C11H12BrClFN/c1-8-6-10(14)9(12)7-11(8)15-5-3-2-4-13/h2-3,6-7,15H,4-5H2,1H3/b3-2+. The zero-order chi connectivity index (χ0) is 11.3. The molecule has 0 aliphatic rings. The summed E-state index contributed by atoms with van der Waals surface area (Å²) < 4.78 is 13.6. The number of hydrogen-bond acceptors (Lipinski definition) is 1. The van der Waals surface area contributed by atoms with Gasteiger partial charge in [0, 0.05) is 18.1 Å². The molecule has 0 amide bonds. The Bertz CT molecular complexity index is 366. The molecular weight excluding hydrogens is 280 g/mol. The van der Waals surface area contributed by atoms with Crippen LogP contribution in [0, 0.1) is 12.7 Å². The van der Waals surface area contributed by atoms with Crippen LogP contribution < -0.4 is 5.32 Å². The van der Waals surface area contributed by atoms with Gasteiger partial charge in [-0.2, -0.15) is 0 Å². The molecular formula is C11H12BrClFN. The maximum atomic E-state index is 13.1. The van der Waals surface area contributed by atoms with Gasteiger partial charge in [-0.1, -0.05) is 12.2 Å². The van der Waals surface area contributed by atoms with Crippen LogP contribution in [0.1, 0.15) is 5.56 Å². The average Bonchev–Trinajstić information content (AvgIpc) is 2.20. The van der Waals surface area contributed by atoms with E-state index >= 15 is 0 Å². The molecule has 0 saturated heterocycles. The van der Waals surface area contributed by atoms with Crippen LogP contribution in [0.2, 0.25) is 0 Å². The van der Waals surface area contributed by atoms with Crippen LogP contribution in [0.25, 0.3) is 0 Å². The summed E-state index contributed by atoms with van der Waals surface area (Å²) in [6.07, 6.45) is 3.80. The van der Waals surface area contributed by atoms with Crippen molar-refractivity contribution in [2.75, 3.05) is 17.7 Å². The highest BCUT2D eigenvalue weighted by Gasteiger charge is 2.03. The average molecular weight is 293 g/mol. The summed E-state index contributed by atoms with van der Waals surface area (Å²) >= 11 is 8.64. The smallest absolute Gasteiger partial charge is 0.137 e. The van der Waals surface area contributed by atoms with E-state index < -0.39 is 0 Å². The normalized spacial score (nSPS) is 10.9. The minimum Gasteiger partial charge on any atom is -0.381 e. The molecule has 0 aromatic heterocycles. The monoisotopic (exact) mass is 291 g/mol. The highest BCUT2D eigenvalue weighted by molar-refractivity contribution is 9.10. The first-order chi connectivity index (χ1) is 7.15. The molecule has 0 spiro atoms. The van der Waals surface area contributed by atoms with E-state index in [2.05, 4.69) is 21.2 Å². The van der Waals surface area contributed by atoms with Crippen molar-refractivity contribution >= 4 is 33.2 Å². The van der Waals surface area contributed by atoms with Crippen LogP contribution in [0.5, 0.6) is 0 Å². The Morgan fingerprint density at radius 1 is 1.47 bits per heavy atom.